The Morgan fingerprint density at radius 2 is 1.79 bits per heavy atom. The van der Waals surface area contributed by atoms with Crippen LogP contribution in [0.1, 0.15) is 30.5 Å². The first kappa shape index (κ1) is 18.3. The molecule has 3 N–H and O–H groups in total. The molecule has 0 unspecified atom stereocenters. The fourth-order valence-corrected chi connectivity index (χ4v) is 3.78. The Morgan fingerprint density at radius 1 is 1.12 bits per heavy atom. The third-order valence-corrected chi connectivity index (χ3v) is 5.25. The molecule has 0 aliphatic rings. The SMILES string of the molecule is Cc1cc(C)c2nc(S[C@@H](C(=O)NC(N)=O)C(C)C)cc(C)c2c1. The summed E-state index contributed by atoms with van der Waals surface area (Å²) in [7, 11) is 0. The van der Waals surface area contributed by atoms with E-state index in [-0.39, 0.29) is 11.8 Å². The molecular weight excluding hydrogens is 322 g/mol. The van der Waals surface area contributed by atoms with E-state index in [9.17, 15) is 9.59 Å². The molecule has 0 aliphatic carbocycles. The molecule has 0 aliphatic heterocycles. The number of carbonyl (C=O) groups is 2. The van der Waals surface area contributed by atoms with E-state index in [1.807, 2.05) is 33.8 Å². The number of carbonyl (C=O) groups excluding carboxylic acids is 2. The van der Waals surface area contributed by atoms with Crippen molar-refractivity contribution in [3.8, 4) is 0 Å². The number of hydrogen-bond donors (Lipinski definition) is 2. The second-order valence-corrected chi connectivity index (χ2v) is 7.55. The normalized spacial score (nSPS) is 12.4. The molecule has 1 aromatic carbocycles. The van der Waals surface area contributed by atoms with Crippen molar-refractivity contribution in [2.24, 2.45) is 11.7 Å². The van der Waals surface area contributed by atoms with Crippen LogP contribution in [0.2, 0.25) is 0 Å². The minimum absolute atomic E-state index is 0.0336. The van der Waals surface area contributed by atoms with Gasteiger partial charge >= 0.3 is 6.03 Å². The summed E-state index contributed by atoms with van der Waals surface area (Å²) in [5, 5.41) is 3.62. The van der Waals surface area contributed by atoms with E-state index in [4.69, 9.17) is 10.7 Å². The Balaban J connectivity index is 2.41. The van der Waals surface area contributed by atoms with Crippen LogP contribution in [0.25, 0.3) is 10.9 Å². The molecule has 1 heterocycles. The van der Waals surface area contributed by atoms with Crippen LogP contribution in [-0.2, 0) is 4.79 Å². The number of imide groups is 1. The fraction of sp³-hybridized carbons (Fsp3) is 0.389. The van der Waals surface area contributed by atoms with Gasteiger partial charge in [0.1, 0.15) is 0 Å². The minimum atomic E-state index is -0.833. The largest absolute Gasteiger partial charge is 0.351 e. The van der Waals surface area contributed by atoms with Gasteiger partial charge in [0, 0.05) is 5.39 Å². The molecule has 0 bridgehead atoms. The van der Waals surface area contributed by atoms with Crippen LogP contribution in [0.5, 0.6) is 0 Å². The van der Waals surface area contributed by atoms with Crippen LogP contribution in [0, 0.1) is 26.7 Å². The van der Waals surface area contributed by atoms with E-state index < -0.39 is 11.3 Å². The van der Waals surface area contributed by atoms with Gasteiger partial charge in [-0.1, -0.05) is 37.2 Å². The predicted octanol–water partition coefficient (Wildman–Crippen LogP) is 3.47. The van der Waals surface area contributed by atoms with Crippen molar-refractivity contribution in [1.29, 1.82) is 0 Å². The number of hydrogen-bond acceptors (Lipinski definition) is 4. The third-order valence-electron chi connectivity index (χ3n) is 3.79. The molecule has 0 radical (unpaired) electrons. The Kier molecular flexibility index (Phi) is 5.49. The first-order chi connectivity index (χ1) is 11.2. The molecule has 2 aromatic rings. The number of benzene rings is 1. The lowest BCUT2D eigenvalue weighted by Gasteiger charge is -2.19. The lowest BCUT2D eigenvalue weighted by Crippen LogP contribution is -2.42. The molecule has 128 valence electrons. The van der Waals surface area contributed by atoms with Gasteiger partial charge in [0.2, 0.25) is 5.91 Å². The summed E-state index contributed by atoms with van der Waals surface area (Å²) < 4.78 is 0. The van der Waals surface area contributed by atoms with Gasteiger partial charge < -0.3 is 5.73 Å². The number of nitrogens with zero attached hydrogens (tertiary/aromatic N) is 1. The first-order valence-corrected chi connectivity index (χ1v) is 8.72. The zero-order valence-corrected chi connectivity index (χ0v) is 15.5. The zero-order valence-electron chi connectivity index (χ0n) is 14.6. The molecule has 0 fully saturated rings. The molecule has 2 rings (SSSR count). The van der Waals surface area contributed by atoms with Crippen LogP contribution < -0.4 is 11.1 Å². The van der Waals surface area contributed by atoms with Gasteiger partial charge in [-0.15, -0.1) is 0 Å². The van der Waals surface area contributed by atoms with Crippen molar-refractivity contribution in [2.45, 2.75) is 44.9 Å². The quantitative estimate of drug-likeness (QED) is 0.831. The van der Waals surface area contributed by atoms with Crippen LogP contribution in [0.3, 0.4) is 0 Å². The summed E-state index contributed by atoms with van der Waals surface area (Å²) in [6.07, 6.45) is 0. The van der Waals surface area contributed by atoms with Crippen molar-refractivity contribution in [2.75, 3.05) is 0 Å². The highest BCUT2D eigenvalue weighted by atomic mass is 32.2. The second kappa shape index (κ2) is 7.21. The molecule has 0 saturated carbocycles. The predicted molar refractivity (Wildman–Crippen MR) is 98.2 cm³/mol. The van der Waals surface area contributed by atoms with Gasteiger partial charge in [-0.05, 0) is 49.9 Å². The maximum absolute atomic E-state index is 12.2. The molecule has 24 heavy (non-hydrogen) atoms. The number of amides is 3. The summed E-state index contributed by atoms with van der Waals surface area (Å²) in [6.45, 7) is 10.0. The van der Waals surface area contributed by atoms with Gasteiger partial charge in [-0.25, -0.2) is 9.78 Å². The number of pyridine rings is 1. The first-order valence-electron chi connectivity index (χ1n) is 7.84. The number of fused-ring (bicyclic) bond motifs is 1. The van der Waals surface area contributed by atoms with Crippen LogP contribution in [-0.4, -0.2) is 22.2 Å². The standard InChI is InChI=1S/C18H23N3O2S/c1-9(2)16(17(22)21-18(19)23)24-14-8-11(4)13-7-10(3)6-12(5)15(13)20-14/h6-9,16H,1-5H3,(H3,19,21,22,23)/t16-/m1/s1. The smallest absolute Gasteiger partial charge is 0.318 e. The van der Waals surface area contributed by atoms with Crippen LogP contribution in [0.4, 0.5) is 4.79 Å². The van der Waals surface area contributed by atoms with Gasteiger partial charge in [0.15, 0.2) is 0 Å². The number of primary amides is 1. The minimum Gasteiger partial charge on any atom is -0.351 e. The van der Waals surface area contributed by atoms with Crippen LogP contribution in [0.15, 0.2) is 23.2 Å². The van der Waals surface area contributed by atoms with Gasteiger partial charge in [0.25, 0.3) is 0 Å². The Bertz CT molecular complexity index is 802. The molecular formula is C18H23N3O2S. The van der Waals surface area contributed by atoms with Crippen molar-refractivity contribution in [3.05, 3.63) is 34.9 Å². The number of aromatic nitrogens is 1. The summed E-state index contributed by atoms with van der Waals surface area (Å²) in [6, 6.07) is 5.38. The van der Waals surface area contributed by atoms with E-state index in [2.05, 4.69) is 24.4 Å². The van der Waals surface area contributed by atoms with Gasteiger partial charge in [-0.3, -0.25) is 10.1 Å². The van der Waals surface area contributed by atoms with Crippen LogP contribution >= 0.6 is 11.8 Å². The monoisotopic (exact) mass is 345 g/mol. The van der Waals surface area contributed by atoms with Crippen molar-refractivity contribution in [1.82, 2.24) is 10.3 Å². The maximum Gasteiger partial charge on any atom is 0.318 e. The average molecular weight is 345 g/mol. The Labute approximate surface area is 146 Å². The highest BCUT2D eigenvalue weighted by Gasteiger charge is 2.25. The summed E-state index contributed by atoms with van der Waals surface area (Å²) >= 11 is 1.36. The number of urea groups is 1. The zero-order chi connectivity index (χ0) is 18.0. The molecule has 1 atom stereocenters. The topological polar surface area (TPSA) is 85.1 Å². The maximum atomic E-state index is 12.2. The molecule has 5 nitrogen and oxygen atoms in total. The van der Waals surface area contributed by atoms with Crippen molar-refractivity contribution in [3.63, 3.8) is 0 Å². The highest BCUT2D eigenvalue weighted by molar-refractivity contribution is 8.00. The van der Waals surface area contributed by atoms with E-state index in [1.54, 1.807) is 0 Å². The van der Waals surface area contributed by atoms with Crippen molar-refractivity contribution >= 4 is 34.6 Å². The number of aryl methyl sites for hydroxylation is 3. The Hall–Kier alpha value is -2.08. The fourth-order valence-electron chi connectivity index (χ4n) is 2.69. The molecule has 0 saturated heterocycles. The number of rotatable bonds is 4. The van der Waals surface area contributed by atoms with Crippen molar-refractivity contribution < 1.29 is 9.59 Å². The lowest BCUT2D eigenvalue weighted by atomic mass is 10.0. The summed E-state index contributed by atoms with van der Waals surface area (Å²) in [4.78, 5) is 27.9. The summed E-state index contributed by atoms with van der Waals surface area (Å²) in [5.41, 5.74) is 9.43. The number of nitrogens with one attached hydrogen (secondary N) is 1. The highest BCUT2D eigenvalue weighted by Crippen LogP contribution is 2.31. The average Bonchev–Trinajstić information content (AvgIpc) is 2.44. The number of thioether (sulfide) groups is 1. The molecule has 1 aromatic heterocycles. The third kappa shape index (κ3) is 4.06. The summed E-state index contributed by atoms with van der Waals surface area (Å²) in [5.74, 6) is -0.353. The van der Waals surface area contributed by atoms with E-state index in [0.29, 0.717) is 0 Å². The lowest BCUT2D eigenvalue weighted by molar-refractivity contribution is -0.120. The van der Waals surface area contributed by atoms with Gasteiger partial charge in [0.05, 0.1) is 15.8 Å². The molecule has 0 spiro atoms. The number of nitrogens with two attached hydrogens (primary N) is 1. The van der Waals surface area contributed by atoms with Gasteiger partial charge in [-0.2, -0.15) is 0 Å². The van der Waals surface area contributed by atoms with E-state index >= 15 is 0 Å². The Morgan fingerprint density at radius 3 is 2.38 bits per heavy atom. The van der Waals surface area contributed by atoms with E-state index in [1.165, 1.54) is 17.3 Å². The van der Waals surface area contributed by atoms with E-state index in [0.717, 1.165) is 27.1 Å². The molecule has 3 amide bonds. The second-order valence-electron chi connectivity index (χ2n) is 6.39. The molecule has 6 heteroatoms.